The molecule has 1 unspecified atom stereocenters. The molecule has 0 aromatic carbocycles. The van der Waals surface area contributed by atoms with E-state index in [2.05, 4.69) is 0 Å². The molecule has 0 aliphatic carbocycles. The van der Waals surface area contributed by atoms with Gasteiger partial charge in [-0.2, -0.15) is 0 Å². The first-order valence-electron chi connectivity index (χ1n) is 4.63. The van der Waals surface area contributed by atoms with Crippen LogP contribution in [-0.4, -0.2) is 50.9 Å². The van der Waals surface area contributed by atoms with Crippen molar-refractivity contribution in [2.45, 2.75) is 19.4 Å². The second kappa shape index (κ2) is 5.95. The Kier molecular flexibility index (Phi) is 5.68. The second-order valence-electron chi connectivity index (χ2n) is 4.17. The van der Waals surface area contributed by atoms with E-state index in [1.165, 1.54) is 0 Å². The maximum Gasteiger partial charge on any atom is 0.147 e. The quantitative estimate of drug-likeness (QED) is 0.309. The molecule has 0 N–H and O–H groups in total. The summed E-state index contributed by atoms with van der Waals surface area (Å²) < 4.78 is 0.616. The largest absolute Gasteiger partial charge is 0.550 e. The number of hydrogen-bond donors (Lipinski definition) is 0. The molecule has 0 spiro atoms. The molecule has 0 aromatic heterocycles. The molecule has 0 aliphatic heterocycles. The maximum atomic E-state index is 10.4. The lowest BCUT2D eigenvalue weighted by Gasteiger charge is -2.28. The number of hydrogen-bond acceptors (Lipinski definition) is 4. The van der Waals surface area contributed by atoms with E-state index in [0.29, 0.717) is 17.6 Å². The molecule has 0 heterocycles. The zero-order valence-electron chi connectivity index (χ0n) is 9.28. The SMILES string of the molecule is CCOOC(CC(=O)[O-])C[N+](C)(C)C. The molecule has 14 heavy (non-hydrogen) atoms. The zero-order valence-corrected chi connectivity index (χ0v) is 9.28. The van der Waals surface area contributed by atoms with Gasteiger partial charge < -0.3 is 14.4 Å². The number of rotatable bonds is 7. The van der Waals surface area contributed by atoms with Crippen LogP contribution in [0.25, 0.3) is 0 Å². The third kappa shape index (κ3) is 7.97. The number of carbonyl (C=O) groups is 1. The zero-order chi connectivity index (χ0) is 11.2. The summed E-state index contributed by atoms with van der Waals surface area (Å²) in [5.41, 5.74) is 0. The second-order valence-corrected chi connectivity index (χ2v) is 4.17. The third-order valence-electron chi connectivity index (χ3n) is 1.47. The highest BCUT2D eigenvalue weighted by molar-refractivity contribution is 5.64. The van der Waals surface area contributed by atoms with Crippen LogP contribution in [-0.2, 0) is 14.6 Å². The molecular formula is C9H19NO4. The molecule has 0 saturated carbocycles. The van der Waals surface area contributed by atoms with Gasteiger partial charge in [-0.15, -0.1) is 0 Å². The third-order valence-corrected chi connectivity index (χ3v) is 1.47. The van der Waals surface area contributed by atoms with Gasteiger partial charge in [0.2, 0.25) is 0 Å². The lowest BCUT2D eigenvalue weighted by atomic mass is 10.2. The maximum absolute atomic E-state index is 10.4. The van der Waals surface area contributed by atoms with Crippen molar-refractivity contribution >= 4 is 5.97 Å². The summed E-state index contributed by atoms with van der Waals surface area (Å²) in [5, 5.41) is 10.4. The Morgan fingerprint density at radius 2 is 2.00 bits per heavy atom. The predicted octanol–water partition coefficient (Wildman–Crippen LogP) is -0.831. The van der Waals surface area contributed by atoms with Gasteiger partial charge in [0.15, 0.2) is 0 Å². The molecule has 1 atom stereocenters. The number of likely N-dealkylation sites (N-methyl/N-ethyl adjacent to an activating group) is 1. The molecule has 0 fully saturated rings. The summed E-state index contributed by atoms with van der Waals surface area (Å²) in [6, 6.07) is 0. The first-order valence-corrected chi connectivity index (χ1v) is 4.63. The topological polar surface area (TPSA) is 58.6 Å². The van der Waals surface area contributed by atoms with Crippen LogP contribution in [0.5, 0.6) is 0 Å². The summed E-state index contributed by atoms with van der Waals surface area (Å²) in [6.07, 6.45) is -0.602. The van der Waals surface area contributed by atoms with Gasteiger partial charge in [0.25, 0.3) is 0 Å². The molecule has 0 aliphatic rings. The molecule has 0 aromatic rings. The number of carboxylic acids is 1. The number of nitrogens with zero attached hydrogens (tertiary/aromatic N) is 1. The average Bonchev–Trinajstić information content (AvgIpc) is 1.96. The highest BCUT2D eigenvalue weighted by Gasteiger charge is 2.19. The van der Waals surface area contributed by atoms with Gasteiger partial charge in [0.05, 0.1) is 27.7 Å². The first-order chi connectivity index (χ1) is 6.35. The molecule has 0 amide bonds. The van der Waals surface area contributed by atoms with Gasteiger partial charge in [-0.25, -0.2) is 9.78 Å². The number of carboxylic acid groups (broad SMARTS) is 1. The van der Waals surface area contributed by atoms with E-state index in [1.807, 2.05) is 21.1 Å². The van der Waals surface area contributed by atoms with Crippen LogP contribution in [0.1, 0.15) is 13.3 Å². The lowest BCUT2D eigenvalue weighted by molar-refractivity contribution is -0.875. The van der Waals surface area contributed by atoms with Crippen molar-refractivity contribution < 1.29 is 24.2 Å². The van der Waals surface area contributed by atoms with E-state index in [0.717, 1.165) is 0 Å². The van der Waals surface area contributed by atoms with E-state index in [9.17, 15) is 9.90 Å². The van der Waals surface area contributed by atoms with Crippen LogP contribution in [0.15, 0.2) is 0 Å². The molecule has 5 heteroatoms. The molecule has 0 saturated heterocycles. The molecule has 0 bridgehead atoms. The van der Waals surface area contributed by atoms with Crippen molar-refractivity contribution in [1.29, 1.82) is 0 Å². The molecule has 5 nitrogen and oxygen atoms in total. The van der Waals surface area contributed by atoms with Gasteiger partial charge in [-0.3, -0.25) is 0 Å². The van der Waals surface area contributed by atoms with Crippen LogP contribution < -0.4 is 5.11 Å². The Labute approximate surface area is 84.7 Å². The fourth-order valence-corrected chi connectivity index (χ4v) is 1.09. The standard InChI is InChI=1S/C9H19NO4/c1-5-13-14-8(6-9(11)12)7-10(2,3)4/h8H,5-7H2,1-4H3. The van der Waals surface area contributed by atoms with Crippen LogP contribution in [0.4, 0.5) is 0 Å². The Balaban J connectivity index is 4.03. The van der Waals surface area contributed by atoms with Gasteiger partial charge in [0.1, 0.15) is 12.6 Å². The molecule has 0 rings (SSSR count). The minimum atomic E-state index is -1.12. The molecule has 0 radical (unpaired) electrons. The van der Waals surface area contributed by atoms with E-state index >= 15 is 0 Å². The van der Waals surface area contributed by atoms with Crippen molar-refractivity contribution in [3.63, 3.8) is 0 Å². The fraction of sp³-hybridized carbons (Fsp3) is 0.889. The summed E-state index contributed by atoms with van der Waals surface area (Å²) in [5.74, 6) is -1.12. The van der Waals surface area contributed by atoms with Gasteiger partial charge in [0, 0.05) is 12.4 Å². The van der Waals surface area contributed by atoms with Crippen molar-refractivity contribution in [2.24, 2.45) is 0 Å². The van der Waals surface area contributed by atoms with Gasteiger partial charge in [-0.05, 0) is 6.92 Å². The molecular weight excluding hydrogens is 186 g/mol. The van der Waals surface area contributed by atoms with Crippen molar-refractivity contribution in [3.05, 3.63) is 0 Å². The highest BCUT2D eigenvalue weighted by atomic mass is 17.2. The van der Waals surface area contributed by atoms with Crippen molar-refractivity contribution in [2.75, 3.05) is 34.3 Å². The van der Waals surface area contributed by atoms with Crippen LogP contribution >= 0.6 is 0 Å². The van der Waals surface area contributed by atoms with Crippen LogP contribution in [0.2, 0.25) is 0 Å². The Morgan fingerprint density at radius 1 is 1.43 bits per heavy atom. The van der Waals surface area contributed by atoms with E-state index in [1.54, 1.807) is 6.92 Å². The summed E-state index contributed by atoms with van der Waals surface area (Å²) >= 11 is 0. The van der Waals surface area contributed by atoms with Gasteiger partial charge in [-0.1, -0.05) is 0 Å². The summed E-state index contributed by atoms with van der Waals surface area (Å²) in [7, 11) is 5.87. The fourth-order valence-electron chi connectivity index (χ4n) is 1.09. The van der Waals surface area contributed by atoms with Crippen LogP contribution in [0, 0.1) is 0 Å². The number of quaternary nitrogens is 1. The monoisotopic (exact) mass is 205 g/mol. The number of aliphatic carboxylic acids is 1. The molecule has 84 valence electrons. The Morgan fingerprint density at radius 3 is 2.36 bits per heavy atom. The normalized spacial score (nSPS) is 14.0. The van der Waals surface area contributed by atoms with E-state index in [-0.39, 0.29) is 6.42 Å². The number of carbonyl (C=O) groups excluding carboxylic acids is 1. The van der Waals surface area contributed by atoms with Gasteiger partial charge >= 0.3 is 0 Å². The smallest absolute Gasteiger partial charge is 0.147 e. The minimum Gasteiger partial charge on any atom is -0.550 e. The summed E-state index contributed by atoms with van der Waals surface area (Å²) in [4.78, 5) is 20.1. The van der Waals surface area contributed by atoms with Crippen molar-refractivity contribution in [1.82, 2.24) is 0 Å². The van der Waals surface area contributed by atoms with Crippen molar-refractivity contribution in [3.8, 4) is 0 Å². The van der Waals surface area contributed by atoms with Crippen LogP contribution in [0.3, 0.4) is 0 Å². The summed E-state index contributed by atoms with van der Waals surface area (Å²) in [6.45, 7) is 2.75. The average molecular weight is 205 g/mol. The first kappa shape index (κ1) is 13.4. The Hall–Kier alpha value is -0.650. The predicted molar refractivity (Wildman–Crippen MR) is 49.0 cm³/mol. The lowest BCUT2D eigenvalue weighted by Crippen LogP contribution is -2.44. The Bertz CT molecular complexity index is 176. The van der Waals surface area contributed by atoms with E-state index in [4.69, 9.17) is 9.78 Å². The highest BCUT2D eigenvalue weighted by Crippen LogP contribution is 2.04. The van der Waals surface area contributed by atoms with E-state index < -0.39 is 12.1 Å². The minimum absolute atomic E-state index is 0.143.